The van der Waals surface area contributed by atoms with Crippen LogP contribution in [0.2, 0.25) is 12.6 Å². The lowest BCUT2D eigenvalue weighted by atomic mass is 10.3. The molecule has 0 N–H and O–H groups in total. The lowest BCUT2D eigenvalue weighted by molar-refractivity contribution is 0.248. The van der Waals surface area contributed by atoms with Crippen LogP contribution in [0.3, 0.4) is 0 Å². The summed E-state index contributed by atoms with van der Waals surface area (Å²) in [7, 11) is 1.46. The van der Waals surface area contributed by atoms with E-state index in [2.05, 4.69) is 4.99 Å². The summed E-state index contributed by atoms with van der Waals surface area (Å²) in [5.74, 6) is 0. The number of carbonyl (C=O) groups excluding carboxylic acids is 1. The molecule has 0 spiro atoms. The Morgan fingerprint density at radius 3 is 2.38 bits per heavy atom. The molecule has 0 aromatic heterocycles. The van der Waals surface area contributed by atoms with Crippen LogP contribution in [0.5, 0.6) is 0 Å². The van der Waals surface area contributed by atoms with Gasteiger partial charge in [-0.25, -0.2) is 9.79 Å². The van der Waals surface area contributed by atoms with Gasteiger partial charge >= 0.3 is 8.56 Å². The van der Waals surface area contributed by atoms with Crippen molar-refractivity contribution in [1.82, 2.24) is 0 Å². The highest BCUT2D eigenvalue weighted by atomic mass is 28.4. The molecular weight excluding hydrogens is 186 g/mol. The van der Waals surface area contributed by atoms with Crippen molar-refractivity contribution < 1.29 is 13.6 Å². The van der Waals surface area contributed by atoms with Gasteiger partial charge in [0.25, 0.3) is 0 Å². The minimum Gasteiger partial charge on any atom is -0.398 e. The molecule has 0 saturated carbocycles. The Balaban J connectivity index is 3.55. The molecule has 0 bridgehead atoms. The fourth-order valence-corrected chi connectivity index (χ4v) is 2.44. The molecule has 5 heteroatoms. The van der Waals surface area contributed by atoms with E-state index in [1.165, 1.54) is 6.08 Å². The van der Waals surface area contributed by atoms with E-state index < -0.39 is 8.56 Å². The first-order valence-electron chi connectivity index (χ1n) is 4.32. The Kier molecular flexibility index (Phi) is 6.71. The number of nitrogens with zero attached hydrogens (tertiary/aromatic N) is 1. The summed E-state index contributed by atoms with van der Waals surface area (Å²) in [6.45, 7) is 2.58. The van der Waals surface area contributed by atoms with Crippen molar-refractivity contribution in [2.75, 3.05) is 20.8 Å². The summed E-state index contributed by atoms with van der Waals surface area (Å²) in [5, 5.41) is 0. The highest BCUT2D eigenvalue weighted by Crippen LogP contribution is 2.14. The molecule has 0 saturated heterocycles. The third-order valence-corrected chi connectivity index (χ3v) is 5.07. The maximum Gasteiger partial charge on any atom is 0.334 e. The number of aliphatic imine (C=N–C) groups is 1. The quantitative estimate of drug-likeness (QED) is 0.272. The maximum atomic E-state index is 9.74. The summed E-state index contributed by atoms with van der Waals surface area (Å²) in [6, 6.07) is 0.939. The molecule has 0 radical (unpaired) electrons. The van der Waals surface area contributed by atoms with Crippen LogP contribution in [0.15, 0.2) is 4.99 Å². The molecule has 0 aliphatic carbocycles. The number of isocyanates is 1. The number of rotatable bonds is 7. The van der Waals surface area contributed by atoms with E-state index in [4.69, 9.17) is 8.85 Å². The van der Waals surface area contributed by atoms with E-state index in [-0.39, 0.29) is 0 Å². The molecular formula is C8H17NO3Si. The second kappa shape index (κ2) is 6.97. The van der Waals surface area contributed by atoms with Crippen LogP contribution in [0.4, 0.5) is 0 Å². The second-order valence-corrected chi connectivity index (χ2v) is 6.56. The average Bonchev–Trinajstić information content (AvgIpc) is 2.17. The molecule has 0 heterocycles. The minimum absolute atomic E-state index is 0.557. The number of hydrogen-bond acceptors (Lipinski definition) is 4. The molecule has 0 aromatic rings. The fourth-order valence-electron chi connectivity index (χ4n) is 0.970. The Labute approximate surface area is 80.2 Å². The molecule has 0 aliphatic rings. The zero-order valence-corrected chi connectivity index (χ0v) is 9.50. The fraction of sp³-hybridized carbons (Fsp3) is 0.875. The first kappa shape index (κ1) is 12.5. The van der Waals surface area contributed by atoms with E-state index >= 15 is 0 Å². The lowest BCUT2D eigenvalue weighted by Crippen LogP contribution is -2.35. The van der Waals surface area contributed by atoms with Crippen LogP contribution >= 0.6 is 0 Å². The first-order chi connectivity index (χ1) is 6.18. The van der Waals surface area contributed by atoms with Crippen LogP contribution in [0, 0.1) is 0 Å². The van der Waals surface area contributed by atoms with Gasteiger partial charge in [0, 0.05) is 14.2 Å². The van der Waals surface area contributed by atoms with Gasteiger partial charge in [-0.3, -0.25) is 0 Å². The third-order valence-electron chi connectivity index (χ3n) is 2.08. The van der Waals surface area contributed by atoms with E-state index in [0.29, 0.717) is 6.54 Å². The van der Waals surface area contributed by atoms with E-state index in [9.17, 15) is 4.79 Å². The first-order valence-corrected chi connectivity index (χ1v) is 6.85. The Hall–Kier alpha value is -0.483. The zero-order chi connectivity index (χ0) is 10.2. The third kappa shape index (κ3) is 5.71. The van der Waals surface area contributed by atoms with Gasteiger partial charge in [0.1, 0.15) is 0 Å². The summed E-state index contributed by atoms with van der Waals surface area (Å²) in [4.78, 5) is 13.2. The Bertz CT molecular complexity index is 176. The van der Waals surface area contributed by atoms with Crippen LogP contribution in [0.25, 0.3) is 0 Å². The summed E-state index contributed by atoms with van der Waals surface area (Å²) in [6.07, 6.45) is 3.39. The van der Waals surface area contributed by atoms with Crippen LogP contribution in [-0.4, -0.2) is 35.4 Å². The highest BCUT2D eigenvalue weighted by molar-refractivity contribution is 6.65. The summed E-state index contributed by atoms with van der Waals surface area (Å²) < 4.78 is 10.6. The normalized spacial score (nSPS) is 11.0. The molecule has 13 heavy (non-hydrogen) atoms. The average molecular weight is 203 g/mol. The van der Waals surface area contributed by atoms with Crippen molar-refractivity contribution in [2.24, 2.45) is 4.99 Å². The molecule has 0 aromatic carbocycles. The number of hydrogen-bond donors (Lipinski definition) is 0. The van der Waals surface area contributed by atoms with Crippen molar-refractivity contribution in [3.8, 4) is 0 Å². The van der Waals surface area contributed by atoms with Gasteiger partial charge in [0.15, 0.2) is 0 Å². The van der Waals surface area contributed by atoms with Gasteiger partial charge in [0.05, 0.1) is 6.54 Å². The van der Waals surface area contributed by atoms with E-state index in [0.717, 1.165) is 18.9 Å². The predicted molar refractivity (Wildman–Crippen MR) is 52.7 cm³/mol. The lowest BCUT2D eigenvalue weighted by Gasteiger charge is -2.22. The zero-order valence-electron chi connectivity index (χ0n) is 8.50. The van der Waals surface area contributed by atoms with Crippen LogP contribution in [-0.2, 0) is 13.6 Å². The molecule has 0 fully saturated rings. The molecule has 76 valence electrons. The molecule has 0 atom stereocenters. The Morgan fingerprint density at radius 2 is 1.92 bits per heavy atom. The smallest absolute Gasteiger partial charge is 0.334 e. The highest BCUT2D eigenvalue weighted by Gasteiger charge is 2.27. The van der Waals surface area contributed by atoms with Crippen molar-refractivity contribution in [3.05, 3.63) is 0 Å². The maximum absolute atomic E-state index is 9.74. The standard InChI is InChI=1S/C8H17NO3Si/c1-11-13(3,12-2)7-5-4-6-9-8-10/h4-7H2,1-3H3. The second-order valence-electron chi connectivity index (χ2n) is 2.97. The number of unbranched alkanes of at least 4 members (excludes halogenated alkanes) is 1. The van der Waals surface area contributed by atoms with E-state index in [1.54, 1.807) is 14.2 Å². The van der Waals surface area contributed by atoms with Gasteiger partial charge in [-0.2, -0.15) is 0 Å². The molecule has 4 nitrogen and oxygen atoms in total. The topological polar surface area (TPSA) is 47.9 Å². The molecule has 0 amide bonds. The van der Waals surface area contributed by atoms with Crippen molar-refractivity contribution in [1.29, 1.82) is 0 Å². The van der Waals surface area contributed by atoms with Crippen molar-refractivity contribution >= 4 is 14.6 Å². The Morgan fingerprint density at radius 1 is 1.31 bits per heavy atom. The van der Waals surface area contributed by atoms with Crippen molar-refractivity contribution in [3.63, 3.8) is 0 Å². The largest absolute Gasteiger partial charge is 0.398 e. The van der Waals surface area contributed by atoms with Gasteiger partial charge in [-0.15, -0.1) is 0 Å². The van der Waals surface area contributed by atoms with Crippen LogP contribution in [0.1, 0.15) is 12.8 Å². The van der Waals surface area contributed by atoms with Gasteiger partial charge in [0.2, 0.25) is 6.08 Å². The van der Waals surface area contributed by atoms with Crippen LogP contribution < -0.4 is 0 Å². The SMILES string of the molecule is CO[Si](C)(CCCCN=C=O)OC. The predicted octanol–water partition coefficient (Wildman–Crippen LogP) is 1.47. The summed E-state index contributed by atoms with van der Waals surface area (Å²) >= 11 is 0. The van der Waals surface area contributed by atoms with E-state index in [1.807, 2.05) is 6.55 Å². The molecule has 0 aliphatic heterocycles. The monoisotopic (exact) mass is 203 g/mol. The van der Waals surface area contributed by atoms with Gasteiger partial charge < -0.3 is 8.85 Å². The molecule has 0 unspecified atom stereocenters. The molecule has 0 rings (SSSR count). The van der Waals surface area contributed by atoms with Crippen molar-refractivity contribution in [2.45, 2.75) is 25.4 Å². The van der Waals surface area contributed by atoms with Gasteiger partial charge in [-0.1, -0.05) is 0 Å². The minimum atomic E-state index is -1.90. The summed E-state index contributed by atoms with van der Waals surface area (Å²) in [5.41, 5.74) is 0. The van der Waals surface area contributed by atoms with Gasteiger partial charge in [-0.05, 0) is 25.4 Å².